The number of hydrogen-bond acceptors (Lipinski definition) is 4. The van der Waals surface area contributed by atoms with E-state index in [1.165, 1.54) is 32.8 Å². The number of carbonyl (C=O) groups excluding carboxylic acids is 3. The zero-order valence-corrected chi connectivity index (χ0v) is 26.3. The molecule has 0 spiro atoms. The standard InChI is InChI=1S/C17H26BrNO3.C12H18BrNO.2CH4/c1-16(2,10-17(3,18)15(21)22-4)14(20)19-9-13-8-11-5-6-12(13)7-11;1-12(2,13)11(15)14-7-10-6-8-3-4-9(10)5-8;;/h5-6,11-13H,7-10H2,1-4H3,(H,19,20);3-4,8-10H,5-7H2,1-2H3,(H,14,15);2*1H4. The lowest BCUT2D eigenvalue weighted by molar-refractivity contribution is -0.144. The van der Waals surface area contributed by atoms with Crippen molar-refractivity contribution >= 4 is 49.6 Å². The molecule has 0 aliphatic heterocycles. The van der Waals surface area contributed by atoms with Gasteiger partial charge in [0, 0.05) is 18.5 Å². The number of alkyl halides is 2. The topological polar surface area (TPSA) is 84.5 Å². The fourth-order valence-corrected chi connectivity index (χ4v) is 7.35. The second-order valence-electron chi connectivity index (χ2n) is 12.7. The number of halogens is 2. The van der Waals surface area contributed by atoms with E-state index >= 15 is 0 Å². The van der Waals surface area contributed by atoms with Crippen molar-refractivity contribution in [3.63, 3.8) is 0 Å². The predicted octanol–water partition coefficient (Wildman–Crippen LogP) is 6.82. The number of esters is 1. The Morgan fingerprint density at radius 1 is 0.769 bits per heavy atom. The van der Waals surface area contributed by atoms with Crippen LogP contribution < -0.4 is 10.6 Å². The van der Waals surface area contributed by atoms with E-state index in [1.54, 1.807) is 6.92 Å². The Morgan fingerprint density at radius 3 is 1.54 bits per heavy atom. The van der Waals surface area contributed by atoms with Crippen LogP contribution in [0.3, 0.4) is 0 Å². The Hall–Kier alpha value is -1.15. The van der Waals surface area contributed by atoms with Gasteiger partial charge in [-0.05, 0) is 88.4 Å². The molecular weight excluding hydrogens is 624 g/mol. The molecule has 2 amide bonds. The number of amides is 2. The van der Waals surface area contributed by atoms with Crippen molar-refractivity contribution in [3.05, 3.63) is 24.3 Å². The van der Waals surface area contributed by atoms with Crippen molar-refractivity contribution in [3.8, 4) is 0 Å². The Kier molecular flexibility index (Phi) is 13.0. The van der Waals surface area contributed by atoms with Gasteiger partial charge in [0.05, 0.1) is 11.4 Å². The third-order valence-electron chi connectivity index (χ3n) is 8.42. The highest BCUT2D eigenvalue weighted by Gasteiger charge is 2.42. The monoisotopic (exact) mass is 674 g/mol. The number of ether oxygens (including phenoxy) is 1. The van der Waals surface area contributed by atoms with E-state index in [-0.39, 0.29) is 32.6 Å². The first kappa shape index (κ1) is 35.9. The number of nitrogens with one attached hydrogen (secondary N) is 2. The number of hydrogen-bond donors (Lipinski definition) is 2. The summed E-state index contributed by atoms with van der Waals surface area (Å²) in [7, 11) is 1.36. The van der Waals surface area contributed by atoms with Crippen LogP contribution in [-0.4, -0.2) is 46.6 Å². The minimum atomic E-state index is -0.849. The lowest BCUT2D eigenvalue weighted by Crippen LogP contribution is -2.45. The first-order valence-electron chi connectivity index (χ1n) is 13.5. The van der Waals surface area contributed by atoms with E-state index in [4.69, 9.17) is 4.74 Å². The molecule has 0 heterocycles. The van der Waals surface area contributed by atoms with Gasteiger partial charge < -0.3 is 15.4 Å². The van der Waals surface area contributed by atoms with Crippen LogP contribution in [0.15, 0.2) is 24.3 Å². The molecule has 4 aliphatic rings. The molecule has 6 nitrogen and oxygen atoms in total. The van der Waals surface area contributed by atoms with E-state index in [2.05, 4.69) is 66.8 Å². The van der Waals surface area contributed by atoms with Gasteiger partial charge in [0.15, 0.2) is 0 Å². The fraction of sp³-hybridized carbons (Fsp3) is 0.774. The molecule has 39 heavy (non-hydrogen) atoms. The van der Waals surface area contributed by atoms with Crippen LogP contribution in [0.5, 0.6) is 0 Å². The molecule has 2 saturated carbocycles. The van der Waals surface area contributed by atoms with Crippen LogP contribution in [0.1, 0.15) is 81.6 Å². The number of rotatable bonds is 9. The average Bonchev–Trinajstić information content (AvgIpc) is 3.61. The molecule has 0 radical (unpaired) electrons. The van der Waals surface area contributed by atoms with Gasteiger partial charge in [0.25, 0.3) is 0 Å². The van der Waals surface area contributed by atoms with E-state index < -0.39 is 14.1 Å². The summed E-state index contributed by atoms with van der Waals surface area (Å²) < 4.78 is 3.50. The largest absolute Gasteiger partial charge is 0.468 e. The van der Waals surface area contributed by atoms with Crippen LogP contribution in [-0.2, 0) is 19.1 Å². The van der Waals surface area contributed by atoms with E-state index in [0.29, 0.717) is 36.0 Å². The third kappa shape index (κ3) is 9.44. The molecule has 4 bridgehead atoms. The molecule has 2 fully saturated rings. The predicted molar refractivity (Wildman–Crippen MR) is 168 cm³/mol. The molecule has 4 rings (SSSR count). The zero-order chi connectivity index (χ0) is 27.6. The van der Waals surface area contributed by atoms with E-state index in [0.717, 1.165) is 19.0 Å². The number of carbonyl (C=O) groups is 3. The Morgan fingerprint density at radius 2 is 1.21 bits per heavy atom. The van der Waals surface area contributed by atoms with Crippen molar-refractivity contribution in [2.45, 2.75) is 90.2 Å². The summed E-state index contributed by atoms with van der Waals surface area (Å²) in [6, 6.07) is 0. The zero-order valence-electron chi connectivity index (χ0n) is 23.1. The quantitative estimate of drug-likeness (QED) is 0.160. The molecule has 7 atom stereocenters. The van der Waals surface area contributed by atoms with Crippen molar-refractivity contribution in [2.75, 3.05) is 20.2 Å². The SMILES string of the molecule is C.C.CC(C)(Br)C(=O)NCC1CC2C=CC1C2.COC(=O)C(C)(Br)CC(C)(C)C(=O)NCC1CC2C=CC1C2. The van der Waals surface area contributed by atoms with Crippen molar-refractivity contribution < 1.29 is 19.1 Å². The van der Waals surface area contributed by atoms with Crippen molar-refractivity contribution in [2.24, 2.45) is 40.9 Å². The molecule has 0 aromatic rings. The summed E-state index contributed by atoms with van der Waals surface area (Å²) in [5, 5.41) is 6.11. The summed E-state index contributed by atoms with van der Waals surface area (Å²) in [5.74, 6) is 3.80. The van der Waals surface area contributed by atoms with Crippen LogP contribution in [0, 0.1) is 40.9 Å². The highest BCUT2D eigenvalue weighted by Crippen LogP contribution is 2.44. The minimum absolute atomic E-state index is 0. The minimum Gasteiger partial charge on any atom is -0.468 e. The maximum absolute atomic E-state index is 12.5. The van der Waals surface area contributed by atoms with Gasteiger partial charge in [-0.15, -0.1) is 0 Å². The molecule has 4 aliphatic carbocycles. The van der Waals surface area contributed by atoms with Gasteiger partial charge >= 0.3 is 5.97 Å². The maximum Gasteiger partial charge on any atom is 0.322 e. The van der Waals surface area contributed by atoms with Gasteiger partial charge in [-0.2, -0.15) is 0 Å². The van der Waals surface area contributed by atoms with Crippen LogP contribution >= 0.6 is 31.9 Å². The smallest absolute Gasteiger partial charge is 0.322 e. The molecule has 2 N–H and O–H groups in total. The van der Waals surface area contributed by atoms with Crippen molar-refractivity contribution in [1.29, 1.82) is 0 Å². The molecule has 7 unspecified atom stereocenters. The summed E-state index contributed by atoms with van der Waals surface area (Å²) in [6.07, 6.45) is 14.6. The lowest BCUT2D eigenvalue weighted by Gasteiger charge is -2.31. The highest BCUT2D eigenvalue weighted by molar-refractivity contribution is 9.10. The first-order valence-corrected chi connectivity index (χ1v) is 15.1. The molecule has 224 valence electrons. The Balaban J connectivity index is 0.000000394. The fourth-order valence-electron chi connectivity index (χ4n) is 6.35. The van der Waals surface area contributed by atoms with Crippen LogP contribution in [0.25, 0.3) is 0 Å². The van der Waals surface area contributed by atoms with Crippen molar-refractivity contribution in [1.82, 2.24) is 10.6 Å². The number of fused-ring (bicyclic) bond motifs is 4. The Bertz CT molecular complexity index is 922. The molecule has 0 saturated heterocycles. The summed E-state index contributed by atoms with van der Waals surface area (Å²) in [4.78, 5) is 35.9. The van der Waals surface area contributed by atoms with Crippen LogP contribution in [0.2, 0.25) is 0 Å². The van der Waals surface area contributed by atoms with Gasteiger partial charge in [-0.1, -0.05) is 84.9 Å². The van der Waals surface area contributed by atoms with E-state index in [1.807, 2.05) is 27.7 Å². The molecular formula is C31H52Br2N2O4. The second-order valence-corrected chi connectivity index (χ2v) is 16.5. The highest BCUT2D eigenvalue weighted by atomic mass is 79.9. The van der Waals surface area contributed by atoms with E-state index in [9.17, 15) is 14.4 Å². The summed E-state index contributed by atoms with van der Waals surface area (Å²) in [6.45, 7) is 10.8. The second kappa shape index (κ2) is 14.2. The Labute approximate surface area is 254 Å². The van der Waals surface area contributed by atoms with Gasteiger partial charge in [0.1, 0.15) is 4.32 Å². The summed E-state index contributed by atoms with van der Waals surface area (Å²) >= 11 is 6.76. The molecule has 0 aromatic heterocycles. The van der Waals surface area contributed by atoms with Crippen LogP contribution in [0.4, 0.5) is 0 Å². The first-order chi connectivity index (χ1) is 17.1. The number of methoxy groups -OCH3 is 1. The normalized spacial score (nSPS) is 29.3. The molecule has 0 aromatic carbocycles. The maximum atomic E-state index is 12.5. The number of allylic oxidation sites excluding steroid dienone is 4. The van der Waals surface area contributed by atoms with Gasteiger partial charge in [-0.25, -0.2) is 0 Å². The lowest BCUT2D eigenvalue weighted by atomic mass is 9.82. The van der Waals surface area contributed by atoms with Gasteiger partial charge in [0.2, 0.25) is 11.8 Å². The van der Waals surface area contributed by atoms with Gasteiger partial charge in [-0.3, -0.25) is 14.4 Å². The third-order valence-corrected chi connectivity index (χ3v) is 9.39. The summed E-state index contributed by atoms with van der Waals surface area (Å²) in [5.41, 5.74) is -0.639. The average molecular weight is 677 g/mol. The molecule has 8 heteroatoms.